The Balaban J connectivity index is 2.26. The summed E-state index contributed by atoms with van der Waals surface area (Å²) in [6.45, 7) is 6.86. The fraction of sp³-hybridized carbons (Fsp3) is 0.533. The Bertz CT molecular complexity index is 517. The number of nitrogens with zero attached hydrogens (tertiary/aromatic N) is 1. The van der Waals surface area contributed by atoms with Gasteiger partial charge in [0.05, 0.1) is 17.6 Å². The number of morpholine rings is 1. The second-order valence-electron chi connectivity index (χ2n) is 5.75. The van der Waals surface area contributed by atoms with E-state index >= 15 is 0 Å². The van der Waals surface area contributed by atoms with Gasteiger partial charge >= 0.3 is 0 Å². The Kier molecular flexibility index (Phi) is 4.62. The molecule has 110 valence electrons. The molecule has 1 amide bonds. The molecule has 1 aromatic rings. The summed E-state index contributed by atoms with van der Waals surface area (Å²) in [6.07, 6.45) is -0.135. The number of amides is 1. The highest BCUT2D eigenvalue weighted by atomic mass is 35.5. The summed E-state index contributed by atoms with van der Waals surface area (Å²) in [5.41, 5.74) is 1.06. The average molecular weight is 316 g/mol. The van der Waals surface area contributed by atoms with Crippen LogP contribution in [0.5, 0.6) is 0 Å². The van der Waals surface area contributed by atoms with Gasteiger partial charge in [0.1, 0.15) is 0 Å². The lowest BCUT2D eigenvalue weighted by Crippen LogP contribution is -2.55. The maximum absolute atomic E-state index is 12.7. The van der Waals surface area contributed by atoms with Crippen molar-refractivity contribution in [1.82, 2.24) is 4.90 Å². The van der Waals surface area contributed by atoms with Gasteiger partial charge in [0.15, 0.2) is 0 Å². The number of benzene rings is 1. The molecule has 20 heavy (non-hydrogen) atoms. The molecule has 2 rings (SSSR count). The summed E-state index contributed by atoms with van der Waals surface area (Å²) < 4.78 is 5.84. The van der Waals surface area contributed by atoms with Gasteiger partial charge in [-0.3, -0.25) is 4.79 Å². The van der Waals surface area contributed by atoms with Crippen LogP contribution in [0.4, 0.5) is 0 Å². The fourth-order valence-corrected chi connectivity index (χ4v) is 2.88. The normalized spacial score (nSPS) is 21.9. The zero-order valence-corrected chi connectivity index (χ0v) is 13.5. The van der Waals surface area contributed by atoms with Crippen molar-refractivity contribution in [2.75, 3.05) is 19.0 Å². The average Bonchev–Trinajstić information content (AvgIpc) is 2.39. The Morgan fingerprint density at radius 2 is 2.20 bits per heavy atom. The highest BCUT2D eigenvalue weighted by Crippen LogP contribution is 2.25. The fourth-order valence-electron chi connectivity index (χ4n) is 2.54. The summed E-state index contributed by atoms with van der Waals surface area (Å²) in [7, 11) is 0. The molecule has 0 N–H and O–H groups in total. The number of hydrogen-bond donors (Lipinski definition) is 0. The van der Waals surface area contributed by atoms with E-state index in [1.54, 1.807) is 17.0 Å². The number of hydrogen-bond acceptors (Lipinski definition) is 2. The standard InChI is InChI=1S/C15H19Cl2NO2/c1-10-12(5-4-6-13(10)17)14(19)18-8-11(7-16)20-15(2,3)9-18/h4-6,11H,7-9H2,1-3H3. The molecule has 1 aliphatic rings. The van der Waals surface area contributed by atoms with E-state index in [1.165, 1.54) is 0 Å². The number of halogens is 2. The molecule has 1 fully saturated rings. The summed E-state index contributed by atoms with van der Waals surface area (Å²) >= 11 is 12.0. The molecular formula is C15H19Cl2NO2. The van der Waals surface area contributed by atoms with E-state index in [2.05, 4.69) is 0 Å². The predicted octanol–water partition coefficient (Wildman–Crippen LogP) is 3.51. The molecule has 5 heteroatoms. The van der Waals surface area contributed by atoms with Crippen LogP contribution < -0.4 is 0 Å². The van der Waals surface area contributed by atoms with Crippen LogP contribution in [-0.2, 0) is 4.74 Å². The molecule has 0 saturated carbocycles. The highest BCUT2D eigenvalue weighted by molar-refractivity contribution is 6.31. The van der Waals surface area contributed by atoms with E-state index in [9.17, 15) is 4.79 Å². The molecular weight excluding hydrogens is 297 g/mol. The van der Waals surface area contributed by atoms with Crippen LogP contribution in [0.1, 0.15) is 29.8 Å². The van der Waals surface area contributed by atoms with Crippen LogP contribution in [0.2, 0.25) is 5.02 Å². The van der Waals surface area contributed by atoms with Crippen molar-refractivity contribution in [2.24, 2.45) is 0 Å². The Morgan fingerprint density at radius 3 is 2.85 bits per heavy atom. The lowest BCUT2D eigenvalue weighted by molar-refractivity contribution is -0.117. The van der Waals surface area contributed by atoms with Gasteiger partial charge in [0.25, 0.3) is 5.91 Å². The monoisotopic (exact) mass is 315 g/mol. The van der Waals surface area contributed by atoms with Crippen molar-refractivity contribution in [3.8, 4) is 0 Å². The number of carbonyl (C=O) groups excluding carboxylic acids is 1. The molecule has 1 saturated heterocycles. The van der Waals surface area contributed by atoms with Crippen molar-refractivity contribution in [3.63, 3.8) is 0 Å². The first-order valence-corrected chi connectivity index (χ1v) is 7.53. The lowest BCUT2D eigenvalue weighted by Gasteiger charge is -2.42. The van der Waals surface area contributed by atoms with Crippen LogP contribution in [-0.4, -0.2) is 41.5 Å². The second-order valence-corrected chi connectivity index (χ2v) is 6.47. The number of rotatable bonds is 2. The van der Waals surface area contributed by atoms with Crippen molar-refractivity contribution in [1.29, 1.82) is 0 Å². The Morgan fingerprint density at radius 1 is 1.50 bits per heavy atom. The molecule has 0 bridgehead atoms. The topological polar surface area (TPSA) is 29.5 Å². The number of carbonyl (C=O) groups is 1. The van der Waals surface area contributed by atoms with Gasteiger partial charge in [-0.25, -0.2) is 0 Å². The van der Waals surface area contributed by atoms with Gasteiger partial charge in [-0.1, -0.05) is 17.7 Å². The van der Waals surface area contributed by atoms with Gasteiger partial charge in [-0.05, 0) is 38.5 Å². The summed E-state index contributed by atoms with van der Waals surface area (Å²) in [5, 5.41) is 0.609. The van der Waals surface area contributed by atoms with Crippen molar-refractivity contribution >= 4 is 29.1 Å². The van der Waals surface area contributed by atoms with E-state index in [1.807, 2.05) is 26.8 Å². The van der Waals surface area contributed by atoms with Gasteiger partial charge in [0, 0.05) is 23.7 Å². The molecule has 0 aliphatic carbocycles. The van der Waals surface area contributed by atoms with E-state index in [-0.39, 0.29) is 17.6 Å². The minimum absolute atomic E-state index is 0.0171. The molecule has 3 nitrogen and oxygen atoms in total. The zero-order valence-electron chi connectivity index (χ0n) is 12.0. The smallest absolute Gasteiger partial charge is 0.254 e. The Labute approximate surface area is 129 Å². The first-order chi connectivity index (χ1) is 9.34. The van der Waals surface area contributed by atoms with E-state index in [4.69, 9.17) is 27.9 Å². The molecule has 0 spiro atoms. The van der Waals surface area contributed by atoms with Crippen LogP contribution in [0, 0.1) is 6.92 Å². The summed E-state index contributed by atoms with van der Waals surface area (Å²) in [5.74, 6) is 0.360. The molecule has 1 atom stereocenters. The molecule has 1 aliphatic heterocycles. The molecule has 0 radical (unpaired) electrons. The predicted molar refractivity (Wildman–Crippen MR) is 81.8 cm³/mol. The molecule has 1 heterocycles. The third-order valence-corrected chi connectivity index (χ3v) is 4.19. The minimum atomic E-state index is -0.389. The van der Waals surface area contributed by atoms with Crippen molar-refractivity contribution < 1.29 is 9.53 Å². The van der Waals surface area contributed by atoms with Crippen molar-refractivity contribution in [2.45, 2.75) is 32.5 Å². The van der Waals surface area contributed by atoms with Gasteiger partial charge in [-0.15, -0.1) is 11.6 Å². The van der Waals surface area contributed by atoms with Crippen LogP contribution in [0.25, 0.3) is 0 Å². The van der Waals surface area contributed by atoms with E-state index < -0.39 is 0 Å². The highest BCUT2D eigenvalue weighted by Gasteiger charge is 2.35. The third-order valence-electron chi connectivity index (χ3n) is 3.44. The number of alkyl halides is 1. The largest absolute Gasteiger partial charge is 0.367 e. The van der Waals surface area contributed by atoms with Gasteiger partial charge in [-0.2, -0.15) is 0 Å². The van der Waals surface area contributed by atoms with E-state index in [0.717, 1.165) is 5.56 Å². The Hall–Kier alpha value is -0.770. The lowest BCUT2D eigenvalue weighted by atomic mass is 10.0. The summed E-state index contributed by atoms with van der Waals surface area (Å²) in [4.78, 5) is 14.5. The quantitative estimate of drug-likeness (QED) is 0.782. The first kappa shape index (κ1) is 15.6. The SMILES string of the molecule is Cc1c(Cl)cccc1C(=O)N1CC(CCl)OC(C)(C)C1. The van der Waals surface area contributed by atoms with Gasteiger partial charge in [0.2, 0.25) is 0 Å². The van der Waals surface area contributed by atoms with Crippen molar-refractivity contribution in [3.05, 3.63) is 34.3 Å². The third kappa shape index (κ3) is 3.27. The maximum atomic E-state index is 12.7. The van der Waals surface area contributed by atoms with Crippen LogP contribution in [0.15, 0.2) is 18.2 Å². The van der Waals surface area contributed by atoms with Crippen LogP contribution in [0.3, 0.4) is 0 Å². The maximum Gasteiger partial charge on any atom is 0.254 e. The molecule has 0 aromatic heterocycles. The van der Waals surface area contributed by atoms with Gasteiger partial charge < -0.3 is 9.64 Å². The molecule has 1 aromatic carbocycles. The minimum Gasteiger partial charge on any atom is -0.367 e. The molecule has 1 unspecified atom stereocenters. The van der Waals surface area contributed by atoms with Crippen LogP contribution >= 0.6 is 23.2 Å². The first-order valence-electron chi connectivity index (χ1n) is 6.62. The second kappa shape index (κ2) is 5.92. The zero-order chi connectivity index (χ0) is 14.9. The summed E-state index contributed by atoms with van der Waals surface area (Å²) in [6, 6.07) is 5.40. The van der Waals surface area contributed by atoms with E-state index in [0.29, 0.717) is 29.6 Å². The number of ether oxygens (including phenoxy) is 1.